The molecule has 0 aliphatic heterocycles. The monoisotopic (exact) mass is 206 g/mol. The van der Waals surface area contributed by atoms with Crippen LogP contribution < -0.4 is 4.74 Å². The van der Waals surface area contributed by atoms with Gasteiger partial charge in [0.1, 0.15) is 11.3 Å². The maximum Gasteiger partial charge on any atom is 0.134 e. The fourth-order valence-corrected chi connectivity index (χ4v) is 1.66. The summed E-state index contributed by atoms with van der Waals surface area (Å²) in [6.07, 6.45) is 1.92. The summed E-state index contributed by atoms with van der Waals surface area (Å²) in [5, 5.41) is 10.3. The van der Waals surface area contributed by atoms with E-state index in [9.17, 15) is 5.11 Å². The van der Waals surface area contributed by atoms with Crippen molar-refractivity contribution in [3.05, 3.63) is 30.0 Å². The molecule has 0 bridgehead atoms. The summed E-state index contributed by atoms with van der Waals surface area (Å²) in [7, 11) is 1.63. The number of aliphatic hydroxyl groups excluding tert-OH is 1. The first-order chi connectivity index (χ1) is 7.20. The highest BCUT2D eigenvalue weighted by atomic mass is 16.5. The van der Waals surface area contributed by atoms with Crippen LogP contribution in [0.3, 0.4) is 0 Å². The SMILES string of the molecule is COc1ccc2occ(CC(C)O)c2c1. The molecule has 0 aliphatic rings. The smallest absolute Gasteiger partial charge is 0.134 e. The lowest BCUT2D eigenvalue weighted by atomic mass is 10.1. The third-order valence-electron chi connectivity index (χ3n) is 2.38. The van der Waals surface area contributed by atoms with E-state index in [0.29, 0.717) is 6.42 Å². The topological polar surface area (TPSA) is 42.6 Å². The molecule has 1 aromatic carbocycles. The number of hydrogen-bond acceptors (Lipinski definition) is 3. The van der Waals surface area contributed by atoms with E-state index in [0.717, 1.165) is 22.3 Å². The van der Waals surface area contributed by atoms with Gasteiger partial charge in [0.25, 0.3) is 0 Å². The van der Waals surface area contributed by atoms with E-state index in [2.05, 4.69) is 0 Å². The van der Waals surface area contributed by atoms with Crippen molar-refractivity contribution in [3.63, 3.8) is 0 Å². The number of methoxy groups -OCH3 is 1. The van der Waals surface area contributed by atoms with Gasteiger partial charge in [-0.1, -0.05) is 0 Å². The van der Waals surface area contributed by atoms with Gasteiger partial charge in [-0.05, 0) is 25.1 Å². The molecule has 2 aromatic rings. The molecule has 2 rings (SSSR count). The van der Waals surface area contributed by atoms with E-state index in [1.807, 2.05) is 18.2 Å². The van der Waals surface area contributed by atoms with Crippen molar-refractivity contribution in [3.8, 4) is 5.75 Å². The summed E-state index contributed by atoms with van der Waals surface area (Å²) in [5.74, 6) is 0.802. The standard InChI is InChI=1S/C12H14O3/c1-8(13)5-9-7-15-12-4-3-10(14-2)6-11(9)12/h3-4,6-8,13H,5H2,1-2H3. The van der Waals surface area contributed by atoms with Crippen LogP contribution in [0.25, 0.3) is 11.0 Å². The normalized spacial score (nSPS) is 13.0. The van der Waals surface area contributed by atoms with E-state index in [1.54, 1.807) is 20.3 Å². The van der Waals surface area contributed by atoms with Crippen LogP contribution in [0.15, 0.2) is 28.9 Å². The van der Waals surface area contributed by atoms with Crippen molar-refractivity contribution in [1.29, 1.82) is 0 Å². The highest BCUT2D eigenvalue weighted by Gasteiger charge is 2.08. The summed E-state index contributed by atoms with van der Waals surface area (Å²) in [4.78, 5) is 0. The Kier molecular flexibility index (Phi) is 2.64. The fraction of sp³-hybridized carbons (Fsp3) is 0.333. The zero-order chi connectivity index (χ0) is 10.8. The summed E-state index contributed by atoms with van der Waals surface area (Å²) in [5.41, 5.74) is 1.84. The second kappa shape index (κ2) is 3.95. The zero-order valence-electron chi connectivity index (χ0n) is 8.86. The van der Waals surface area contributed by atoms with Crippen molar-refractivity contribution in [1.82, 2.24) is 0 Å². The average molecular weight is 206 g/mol. The molecule has 0 amide bonds. The largest absolute Gasteiger partial charge is 0.497 e. The van der Waals surface area contributed by atoms with Crippen LogP contribution in [0.2, 0.25) is 0 Å². The van der Waals surface area contributed by atoms with Crippen molar-refractivity contribution in [2.45, 2.75) is 19.4 Å². The first-order valence-corrected chi connectivity index (χ1v) is 4.93. The Morgan fingerprint density at radius 1 is 1.47 bits per heavy atom. The van der Waals surface area contributed by atoms with Crippen molar-refractivity contribution in [2.75, 3.05) is 7.11 Å². The second-order valence-corrected chi connectivity index (χ2v) is 3.68. The van der Waals surface area contributed by atoms with Gasteiger partial charge in [0, 0.05) is 17.4 Å². The minimum Gasteiger partial charge on any atom is -0.497 e. The molecule has 1 atom stereocenters. The Balaban J connectivity index is 2.46. The van der Waals surface area contributed by atoms with Gasteiger partial charge in [-0.2, -0.15) is 0 Å². The lowest BCUT2D eigenvalue weighted by molar-refractivity contribution is 0.195. The number of furan rings is 1. The summed E-state index contributed by atoms with van der Waals surface area (Å²) in [6.45, 7) is 1.76. The van der Waals surface area contributed by atoms with Crippen molar-refractivity contribution < 1.29 is 14.3 Å². The van der Waals surface area contributed by atoms with Crippen LogP contribution in [0.5, 0.6) is 5.75 Å². The second-order valence-electron chi connectivity index (χ2n) is 3.68. The van der Waals surface area contributed by atoms with Crippen molar-refractivity contribution in [2.24, 2.45) is 0 Å². The Morgan fingerprint density at radius 2 is 2.27 bits per heavy atom. The molecule has 1 unspecified atom stereocenters. The fourth-order valence-electron chi connectivity index (χ4n) is 1.66. The molecule has 0 saturated carbocycles. The molecule has 1 N–H and O–H groups in total. The molecule has 80 valence electrons. The van der Waals surface area contributed by atoms with E-state index < -0.39 is 0 Å². The predicted molar refractivity (Wildman–Crippen MR) is 58.2 cm³/mol. The van der Waals surface area contributed by atoms with E-state index >= 15 is 0 Å². The minimum atomic E-state index is -0.364. The Hall–Kier alpha value is -1.48. The summed E-state index contributed by atoms with van der Waals surface area (Å²) >= 11 is 0. The molecule has 0 saturated heterocycles. The van der Waals surface area contributed by atoms with Crippen LogP contribution in [0.4, 0.5) is 0 Å². The summed E-state index contributed by atoms with van der Waals surface area (Å²) in [6, 6.07) is 5.66. The quantitative estimate of drug-likeness (QED) is 0.838. The molecule has 1 aromatic heterocycles. The highest BCUT2D eigenvalue weighted by molar-refractivity contribution is 5.82. The Labute approximate surface area is 88.3 Å². The summed E-state index contributed by atoms with van der Waals surface area (Å²) < 4.78 is 10.5. The first kappa shape index (κ1) is 10.1. The number of aliphatic hydroxyl groups is 1. The van der Waals surface area contributed by atoms with Gasteiger partial charge >= 0.3 is 0 Å². The molecule has 0 fully saturated rings. The molecule has 0 aliphatic carbocycles. The van der Waals surface area contributed by atoms with Crippen LogP contribution in [-0.4, -0.2) is 18.3 Å². The number of hydrogen-bond donors (Lipinski definition) is 1. The maximum atomic E-state index is 9.34. The van der Waals surface area contributed by atoms with E-state index in [4.69, 9.17) is 9.15 Å². The van der Waals surface area contributed by atoms with E-state index in [-0.39, 0.29) is 6.10 Å². The van der Waals surface area contributed by atoms with Crippen LogP contribution in [-0.2, 0) is 6.42 Å². The number of rotatable bonds is 3. The third-order valence-corrected chi connectivity index (χ3v) is 2.38. The number of fused-ring (bicyclic) bond motifs is 1. The molecule has 15 heavy (non-hydrogen) atoms. The lowest BCUT2D eigenvalue weighted by Crippen LogP contribution is -2.03. The molecule has 3 heteroatoms. The van der Waals surface area contributed by atoms with Crippen LogP contribution in [0.1, 0.15) is 12.5 Å². The average Bonchev–Trinajstić information content (AvgIpc) is 2.60. The first-order valence-electron chi connectivity index (χ1n) is 4.93. The Bertz CT molecular complexity index is 457. The van der Waals surface area contributed by atoms with Gasteiger partial charge in [-0.25, -0.2) is 0 Å². The molecule has 0 radical (unpaired) electrons. The highest BCUT2D eigenvalue weighted by Crippen LogP contribution is 2.26. The molecule has 1 heterocycles. The van der Waals surface area contributed by atoms with Crippen LogP contribution >= 0.6 is 0 Å². The molecule has 0 spiro atoms. The maximum absolute atomic E-state index is 9.34. The molecular formula is C12H14O3. The van der Waals surface area contributed by atoms with E-state index in [1.165, 1.54) is 0 Å². The van der Waals surface area contributed by atoms with Crippen LogP contribution in [0, 0.1) is 0 Å². The van der Waals surface area contributed by atoms with Gasteiger partial charge in [-0.3, -0.25) is 0 Å². The Morgan fingerprint density at radius 3 is 2.93 bits per heavy atom. The molecular weight excluding hydrogens is 192 g/mol. The van der Waals surface area contributed by atoms with Gasteiger partial charge < -0.3 is 14.3 Å². The molecule has 3 nitrogen and oxygen atoms in total. The van der Waals surface area contributed by atoms with Gasteiger partial charge in [0.15, 0.2) is 0 Å². The predicted octanol–water partition coefficient (Wildman–Crippen LogP) is 2.36. The number of benzene rings is 1. The van der Waals surface area contributed by atoms with Crippen molar-refractivity contribution >= 4 is 11.0 Å². The minimum absolute atomic E-state index is 0.364. The third kappa shape index (κ3) is 1.97. The zero-order valence-corrected chi connectivity index (χ0v) is 8.86. The van der Waals surface area contributed by atoms with Gasteiger partial charge in [0.2, 0.25) is 0 Å². The number of ether oxygens (including phenoxy) is 1. The van der Waals surface area contributed by atoms with Gasteiger partial charge in [0.05, 0.1) is 19.5 Å². The lowest BCUT2D eigenvalue weighted by Gasteiger charge is -2.02. The van der Waals surface area contributed by atoms with Gasteiger partial charge in [-0.15, -0.1) is 0 Å².